The van der Waals surface area contributed by atoms with Crippen molar-refractivity contribution in [1.82, 2.24) is 10.9 Å². The zero-order valence-electron chi connectivity index (χ0n) is 22.9. The van der Waals surface area contributed by atoms with Crippen LogP contribution in [-0.2, 0) is 22.5 Å². The van der Waals surface area contributed by atoms with Crippen LogP contribution in [0, 0.1) is 0 Å². The van der Waals surface area contributed by atoms with Crippen molar-refractivity contribution in [3.63, 3.8) is 0 Å². The third-order valence-corrected chi connectivity index (χ3v) is 7.61. The summed E-state index contributed by atoms with van der Waals surface area (Å²) in [5.74, 6) is 0.615. The van der Waals surface area contributed by atoms with Crippen molar-refractivity contribution in [1.29, 1.82) is 0 Å². The summed E-state index contributed by atoms with van der Waals surface area (Å²) in [6.07, 6.45) is 4.55. The Balaban J connectivity index is 1.59. The molecule has 2 atom stereocenters. The molecule has 1 aliphatic carbocycles. The van der Waals surface area contributed by atoms with Crippen molar-refractivity contribution >= 4 is 11.8 Å². The minimum Gasteiger partial charge on any atom is -0.494 e. The number of hydrogen-bond donors (Lipinski definition) is 4. The number of amides is 1. The first kappa shape index (κ1) is 29.4. The molecule has 1 saturated carbocycles. The standard InChI is InChI=1S/C29H38N6O5/c1-21-29(18-23-8-3-4-9-24(23)19-31-35-30,27(37)34-32-20-28(38)14-5-2-6-15-28)33-26(40-21)22-10-12-25(13-11-22)39-17-7-16-36/h3-4,8-13,21,32,36,38H,2,5-7,14-20H2,1H3,(H,34,37)/t21-,29-/m0/s1. The summed E-state index contributed by atoms with van der Waals surface area (Å²) in [7, 11) is 0. The Morgan fingerprint density at radius 2 is 1.90 bits per heavy atom. The van der Waals surface area contributed by atoms with E-state index in [-0.39, 0.29) is 32.0 Å². The van der Waals surface area contributed by atoms with Gasteiger partial charge in [0.25, 0.3) is 5.91 Å². The van der Waals surface area contributed by atoms with E-state index in [2.05, 4.69) is 20.9 Å². The van der Waals surface area contributed by atoms with Gasteiger partial charge in [0.2, 0.25) is 5.90 Å². The highest BCUT2D eigenvalue weighted by atomic mass is 16.5. The number of nitrogens with one attached hydrogen (secondary N) is 2. The molecule has 0 spiro atoms. The van der Waals surface area contributed by atoms with Crippen molar-refractivity contribution in [2.24, 2.45) is 10.1 Å². The highest BCUT2D eigenvalue weighted by Gasteiger charge is 2.50. The summed E-state index contributed by atoms with van der Waals surface area (Å²) in [4.78, 5) is 21.6. The van der Waals surface area contributed by atoms with Gasteiger partial charge >= 0.3 is 0 Å². The fraction of sp³-hybridized carbons (Fsp3) is 0.517. The average Bonchev–Trinajstić information content (AvgIpc) is 3.30. The maximum absolute atomic E-state index is 13.9. The molecule has 0 radical (unpaired) electrons. The van der Waals surface area contributed by atoms with Crippen LogP contribution in [0.3, 0.4) is 0 Å². The van der Waals surface area contributed by atoms with E-state index in [1.807, 2.05) is 43.3 Å². The minimum atomic E-state index is -1.32. The Labute approximate surface area is 234 Å². The molecule has 0 saturated heterocycles. The number of aliphatic hydroxyl groups is 2. The number of azide groups is 1. The van der Waals surface area contributed by atoms with Crippen molar-refractivity contribution in [3.8, 4) is 5.75 Å². The fourth-order valence-electron chi connectivity index (χ4n) is 5.21. The topological polar surface area (TPSA) is 161 Å². The smallest absolute Gasteiger partial charge is 0.266 e. The molecule has 2 aromatic carbocycles. The highest BCUT2D eigenvalue weighted by Crippen LogP contribution is 2.34. The van der Waals surface area contributed by atoms with Gasteiger partial charge in [-0.25, -0.2) is 10.4 Å². The molecule has 11 nitrogen and oxygen atoms in total. The van der Waals surface area contributed by atoms with Crippen LogP contribution >= 0.6 is 0 Å². The van der Waals surface area contributed by atoms with Gasteiger partial charge in [0.1, 0.15) is 11.9 Å². The van der Waals surface area contributed by atoms with Crippen molar-refractivity contribution in [3.05, 3.63) is 75.7 Å². The maximum Gasteiger partial charge on any atom is 0.266 e. The molecule has 2 aliphatic rings. The van der Waals surface area contributed by atoms with Gasteiger partial charge in [0.05, 0.1) is 18.8 Å². The molecule has 0 aromatic heterocycles. The van der Waals surface area contributed by atoms with Gasteiger partial charge in [-0.1, -0.05) is 48.6 Å². The highest BCUT2D eigenvalue weighted by molar-refractivity contribution is 6.00. The molecule has 0 bridgehead atoms. The number of hydrazine groups is 1. The summed E-state index contributed by atoms with van der Waals surface area (Å²) in [6.45, 7) is 2.67. The zero-order chi connectivity index (χ0) is 28.4. The van der Waals surface area contributed by atoms with Gasteiger partial charge in [-0.15, -0.1) is 0 Å². The van der Waals surface area contributed by atoms with Gasteiger partial charge in [0, 0.05) is 36.5 Å². The summed E-state index contributed by atoms with van der Waals surface area (Å²) in [5.41, 5.74) is 14.8. The Morgan fingerprint density at radius 1 is 1.18 bits per heavy atom. The van der Waals surface area contributed by atoms with Gasteiger partial charge in [-0.2, -0.15) is 0 Å². The van der Waals surface area contributed by atoms with E-state index < -0.39 is 17.2 Å². The molecule has 2 aromatic rings. The Hall–Kier alpha value is -3.63. The predicted molar refractivity (Wildman–Crippen MR) is 151 cm³/mol. The number of ether oxygens (including phenoxy) is 2. The molecule has 1 amide bonds. The Morgan fingerprint density at radius 3 is 2.60 bits per heavy atom. The molecule has 0 unspecified atom stereocenters. The van der Waals surface area contributed by atoms with Crippen LogP contribution in [0.1, 0.15) is 62.1 Å². The lowest BCUT2D eigenvalue weighted by molar-refractivity contribution is -0.129. The molecule has 4 rings (SSSR count). The second-order valence-corrected chi connectivity index (χ2v) is 10.5. The van der Waals surface area contributed by atoms with Gasteiger partial charge < -0.3 is 19.7 Å². The number of carbonyl (C=O) groups is 1. The fourth-order valence-corrected chi connectivity index (χ4v) is 5.21. The second kappa shape index (κ2) is 13.6. The lowest BCUT2D eigenvalue weighted by atomic mass is 9.84. The van der Waals surface area contributed by atoms with Crippen LogP contribution < -0.4 is 15.6 Å². The minimum absolute atomic E-state index is 0.0604. The number of carbonyl (C=O) groups excluding carboxylic acids is 1. The molecular weight excluding hydrogens is 512 g/mol. The molecule has 1 aliphatic heterocycles. The summed E-state index contributed by atoms with van der Waals surface area (Å²) < 4.78 is 11.8. The van der Waals surface area contributed by atoms with E-state index in [0.717, 1.165) is 30.4 Å². The van der Waals surface area contributed by atoms with E-state index in [1.54, 1.807) is 12.1 Å². The van der Waals surface area contributed by atoms with Crippen LogP contribution in [0.25, 0.3) is 10.4 Å². The molecular formula is C29H38N6O5. The lowest BCUT2D eigenvalue weighted by Gasteiger charge is -2.33. The normalized spacial score (nSPS) is 21.6. The van der Waals surface area contributed by atoms with Crippen LogP contribution in [0.2, 0.25) is 0 Å². The second-order valence-electron chi connectivity index (χ2n) is 10.5. The van der Waals surface area contributed by atoms with Gasteiger partial charge in [-0.3, -0.25) is 10.2 Å². The predicted octanol–water partition coefficient (Wildman–Crippen LogP) is 3.72. The molecule has 4 N–H and O–H groups in total. The largest absolute Gasteiger partial charge is 0.494 e. The lowest BCUT2D eigenvalue weighted by Crippen LogP contribution is -2.58. The summed E-state index contributed by atoms with van der Waals surface area (Å²) in [6, 6.07) is 14.7. The third kappa shape index (κ3) is 7.11. The number of aliphatic imine (C=N–C) groups is 1. The van der Waals surface area contributed by atoms with Crippen LogP contribution in [-0.4, -0.2) is 59.0 Å². The van der Waals surface area contributed by atoms with E-state index in [4.69, 9.17) is 25.1 Å². The number of benzene rings is 2. The van der Waals surface area contributed by atoms with Crippen molar-refractivity contribution < 1.29 is 24.5 Å². The first-order valence-electron chi connectivity index (χ1n) is 13.8. The molecule has 11 heteroatoms. The van der Waals surface area contributed by atoms with Gasteiger partial charge in [-0.05, 0) is 60.7 Å². The van der Waals surface area contributed by atoms with Crippen molar-refractivity contribution in [2.75, 3.05) is 19.8 Å². The van der Waals surface area contributed by atoms with Crippen LogP contribution in [0.4, 0.5) is 0 Å². The third-order valence-electron chi connectivity index (χ3n) is 7.61. The molecule has 1 heterocycles. The Bertz CT molecular complexity index is 1220. The quantitative estimate of drug-likeness (QED) is 0.0977. The van der Waals surface area contributed by atoms with E-state index in [1.165, 1.54) is 0 Å². The van der Waals surface area contributed by atoms with E-state index >= 15 is 0 Å². The number of aliphatic hydroxyl groups excluding tert-OH is 1. The molecule has 1 fully saturated rings. The maximum atomic E-state index is 13.9. The van der Waals surface area contributed by atoms with E-state index in [9.17, 15) is 9.90 Å². The summed E-state index contributed by atoms with van der Waals surface area (Å²) >= 11 is 0. The van der Waals surface area contributed by atoms with Crippen LogP contribution in [0.5, 0.6) is 5.75 Å². The SMILES string of the molecule is C[C@@H]1OC(c2ccc(OCCCO)cc2)=N[C@]1(Cc1ccccc1CN=[N+]=[N-])C(=O)NNCC1(O)CCCCC1. The number of hydrogen-bond acceptors (Lipinski definition) is 8. The Kier molecular flexibility index (Phi) is 10.0. The average molecular weight is 551 g/mol. The first-order valence-corrected chi connectivity index (χ1v) is 13.8. The van der Waals surface area contributed by atoms with Gasteiger partial charge in [0.15, 0.2) is 5.54 Å². The molecule has 214 valence electrons. The zero-order valence-corrected chi connectivity index (χ0v) is 22.9. The van der Waals surface area contributed by atoms with Crippen LogP contribution in [0.15, 0.2) is 58.6 Å². The van der Waals surface area contributed by atoms with E-state index in [0.29, 0.717) is 43.1 Å². The summed E-state index contributed by atoms with van der Waals surface area (Å²) in [5, 5.41) is 23.6. The first-order chi connectivity index (χ1) is 19.4. The number of nitrogens with zero attached hydrogens (tertiary/aromatic N) is 4. The molecule has 40 heavy (non-hydrogen) atoms. The number of rotatable bonds is 13. The van der Waals surface area contributed by atoms with Crippen molar-refractivity contribution in [2.45, 2.75) is 75.7 Å². The monoisotopic (exact) mass is 550 g/mol.